The van der Waals surface area contributed by atoms with Gasteiger partial charge in [-0.3, -0.25) is 9.59 Å². The van der Waals surface area contributed by atoms with E-state index < -0.39 is 23.8 Å². The van der Waals surface area contributed by atoms with Crippen molar-refractivity contribution in [3.8, 4) is 0 Å². The van der Waals surface area contributed by atoms with E-state index >= 15 is 0 Å². The predicted octanol–water partition coefficient (Wildman–Crippen LogP) is 5.21. The largest absolute Gasteiger partial charge is 0.444 e. The molecule has 7 heteroatoms. The molecule has 0 aliphatic rings. The van der Waals surface area contributed by atoms with Gasteiger partial charge in [0, 0.05) is 13.1 Å². The number of benzene rings is 1. The maximum atomic E-state index is 14.0. The topological polar surface area (TPSA) is 87.7 Å². The van der Waals surface area contributed by atoms with Crippen LogP contribution in [0.25, 0.3) is 0 Å². The zero-order valence-electron chi connectivity index (χ0n) is 22.9. The van der Waals surface area contributed by atoms with E-state index in [0.29, 0.717) is 13.0 Å². The fraction of sp³-hybridized carbons (Fsp3) is 0.607. The van der Waals surface area contributed by atoms with Crippen molar-refractivity contribution in [2.45, 2.75) is 92.3 Å². The number of rotatable bonds is 12. The van der Waals surface area contributed by atoms with E-state index in [1.807, 2.05) is 45.9 Å². The summed E-state index contributed by atoms with van der Waals surface area (Å²) in [5.74, 6) is -0.770. The first-order chi connectivity index (χ1) is 16.4. The van der Waals surface area contributed by atoms with E-state index in [4.69, 9.17) is 4.74 Å². The molecule has 3 amide bonds. The van der Waals surface area contributed by atoms with Gasteiger partial charge in [0.25, 0.3) is 0 Å². The maximum Gasteiger partial charge on any atom is 0.408 e. The summed E-state index contributed by atoms with van der Waals surface area (Å²) in [6.07, 6.45) is 3.39. The minimum absolute atomic E-state index is 0.154. The molecular weight excluding hydrogens is 442 g/mol. The second kappa shape index (κ2) is 13.9. The Balaban J connectivity index is 3.50. The molecule has 7 nitrogen and oxygen atoms in total. The number of nitrogens with zero attached hydrogens (tertiary/aromatic N) is 1. The number of aryl methyl sites for hydroxylation is 2. The molecule has 0 bridgehead atoms. The normalized spacial score (nSPS) is 13.8. The van der Waals surface area contributed by atoms with Crippen LogP contribution in [0.2, 0.25) is 0 Å². The molecule has 196 valence electrons. The first-order valence-electron chi connectivity index (χ1n) is 12.6. The molecule has 0 heterocycles. The van der Waals surface area contributed by atoms with Crippen molar-refractivity contribution < 1.29 is 19.1 Å². The summed E-state index contributed by atoms with van der Waals surface area (Å²) >= 11 is 0. The van der Waals surface area contributed by atoms with Gasteiger partial charge in [0.1, 0.15) is 17.7 Å². The third-order valence-corrected chi connectivity index (χ3v) is 5.88. The molecule has 2 N–H and O–H groups in total. The monoisotopic (exact) mass is 487 g/mol. The summed E-state index contributed by atoms with van der Waals surface area (Å²) in [5, 5.41) is 5.77. The molecule has 0 aromatic heterocycles. The fourth-order valence-corrected chi connectivity index (χ4v) is 3.75. The Bertz CT molecular complexity index is 875. The quantitative estimate of drug-likeness (QED) is 0.313. The molecule has 1 rings (SSSR count). The van der Waals surface area contributed by atoms with Crippen molar-refractivity contribution in [1.82, 2.24) is 15.5 Å². The first-order valence-corrected chi connectivity index (χ1v) is 12.6. The van der Waals surface area contributed by atoms with Crippen LogP contribution in [-0.2, 0) is 14.3 Å². The number of carbonyl (C=O) groups excluding carboxylic acids is 3. The average molecular weight is 488 g/mol. The summed E-state index contributed by atoms with van der Waals surface area (Å²) in [6.45, 7) is 19.6. The van der Waals surface area contributed by atoms with Gasteiger partial charge in [-0.25, -0.2) is 4.79 Å². The standard InChI is InChI=1S/C28H45N3O4/c1-10-13-16-29-25(32)24(22-18-19(4)14-15-21(22)6)31(17-11-2)26(33)23(20(5)12-3)30-27(34)35-28(7,8)9/h11,14-15,18,20,23-24H,2,10,12-13,16-17H2,1,3-9H3,(H,29,32)(H,30,34). The van der Waals surface area contributed by atoms with Crippen molar-refractivity contribution in [2.24, 2.45) is 5.92 Å². The number of hydrogen-bond acceptors (Lipinski definition) is 4. The summed E-state index contributed by atoms with van der Waals surface area (Å²) in [5.41, 5.74) is 1.96. The van der Waals surface area contributed by atoms with Gasteiger partial charge < -0.3 is 20.3 Å². The highest BCUT2D eigenvalue weighted by molar-refractivity contribution is 5.92. The Hall–Kier alpha value is -2.83. The second-order valence-corrected chi connectivity index (χ2v) is 10.2. The van der Waals surface area contributed by atoms with Crippen molar-refractivity contribution in [3.05, 3.63) is 47.5 Å². The van der Waals surface area contributed by atoms with Crippen LogP contribution >= 0.6 is 0 Å². The Morgan fingerprint density at radius 2 is 1.83 bits per heavy atom. The fourth-order valence-electron chi connectivity index (χ4n) is 3.75. The zero-order chi connectivity index (χ0) is 26.8. The molecule has 1 aromatic rings. The summed E-state index contributed by atoms with van der Waals surface area (Å²) in [6, 6.07) is 4.17. The number of hydrogen-bond donors (Lipinski definition) is 2. The van der Waals surface area contributed by atoms with Crippen LogP contribution in [0.5, 0.6) is 0 Å². The lowest BCUT2D eigenvalue weighted by molar-refractivity contribution is -0.142. The van der Waals surface area contributed by atoms with E-state index in [-0.39, 0.29) is 24.3 Å². The van der Waals surface area contributed by atoms with Gasteiger partial charge in [-0.2, -0.15) is 0 Å². The molecule has 0 spiro atoms. The number of nitrogens with one attached hydrogen (secondary N) is 2. The lowest BCUT2D eigenvalue weighted by atomic mass is 9.93. The smallest absolute Gasteiger partial charge is 0.408 e. The number of ether oxygens (including phenoxy) is 1. The lowest BCUT2D eigenvalue weighted by Gasteiger charge is -2.36. The molecule has 35 heavy (non-hydrogen) atoms. The van der Waals surface area contributed by atoms with E-state index in [2.05, 4.69) is 24.1 Å². The molecule has 1 aromatic carbocycles. The molecule has 0 fully saturated rings. The van der Waals surface area contributed by atoms with Crippen LogP contribution in [0, 0.1) is 19.8 Å². The molecule has 3 atom stereocenters. The van der Waals surface area contributed by atoms with E-state index in [0.717, 1.165) is 29.5 Å². The van der Waals surface area contributed by atoms with Gasteiger partial charge in [0.2, 0.25) is 11.8 Å². The van der Waals surface area contributed by atoms with E-state index in [9.17, 15) is 14.4 Å². The molecular formula is C28H45N3O4. The van der Waals surface area contributed by atoms with Crippen LogP contribution in [0.1, 0.15) is 83.5 Å². The second-order valence-electron chi connectivity index (χ2n) is 10.2. The highest BCUT2D eigenvalue weighted by atomic mass is 16.6. The summed E-state index contributed by atoms with van der Waals surface area (Å²) in [7, 11) is 0. The van der Waals surface area contributed by atoms with Crippen molar-refractivity contribution in [3.63, 3.8) is 0 Å². The number of alkyl carbamates (subject to hydrolysis) is 1. The highest BCUT2D eigenvalue weighted by Gasteiger charge is 2.38. The first kappa shape index (κ1) is 30.2. The van der Waals surface area contributed by atoms with Gasteiger partial charge in [0.15, 0.2) is 0 Å². The molecule has 0 aliphatic heterocycles. The molecule has 0 aliphatic carbocycles. The van der Waals surface area contributed by atoms with Crippen LogP contribution in [0.15, 0.2) is 30.9 Å². The van der Waals surface area contributed by atoms with Crippen molar-refractivity contribution >= 4 is 17.9 Å². The molecule has 0 saturated carbocycles. The summed E-state index contributed by atoms with van der Waals surface area (Å²) < 4.78 is 5.43. The van der Waals surface area contributed by atoms with Gasteiger partial charge in [-0.1, -0.05) is 63.5 Å². The number of unbranched alkanes of at least 4 members (excludes halogenated alkanes) is 1. The number of carbonyl (C=O) groups is 3. The van der Waals surface area contributed by atoms with Crippen LogP contribution in [-0.4, -0.2) is 47.5 Å². The van der Waals surface area contributed by atoms with Crippen molar-refractivity contribution in [1.29, 1.82) is 0 Å². The lowest BCUT2D eigenvalue weighted by Crippen LogP contribution is -2.55. The van der Waals surface area contributed by atoms with Crippen LogP contribution in [0.4, 0.5) is 4.79 Å². The third kappa shape index (κ3) is 9.38. The summed E-state index contributed by atoms with van der Waals surface area (Å²) in [4.78, 5) is 41.7. The average Bonchev–Trinajstić information content (AvgIpc) is 2.77. The van der Waals surface area contributed by atoms with Gasteiger partial charge in [-0.15, -0.1) is 6.58 Å². The van der Waals surface area contributed by atoms with Gasteiger partial charge in [0.05, 0.1) is 0 Å². The zero-order valence-corrected chi connectivity index (χ0v) is 22.9. The van der Waals surface area contributed by atoms with Gasteiger partial charge in [-0.05, 0) is 58.1 Å². The van der Waals surface area contributed by atoms with Gasteiger partial charge >= 0.3 is 6.09 Å². The van der Waals surface area contributed by atoms with Crippen molar-refractivity contribution in [2.75, 3.05) is 13.1 Å². The Morgan fingerprint density at radius 1 is 1.17 bits per heavy atom. The van der Waals surface area contributed by atoms with E-state index in [1.165, 1.54) is 4.90 Å². The van der Waals surface area contributed by atoms with Crippen LogP contribution < -0.4 is 10.6 Å². The molecule has 0 radical (unpaired) electrons. The SMILES string of the molecule is C=CCN(C(=O)C(NC(=O)OC(C)(C)C)C(C)CC)C(C(=O)NCCCC)c1cc(C)ccc1C. The molecule has 3 unspecified atom stereocenters. The Kier molecular flexibility index (Phi) is 12.0. The minimum atomic E-state index is -0.857. The Morgan fingerprint density at radius 3 is 2.37 bits per heavy atom. The van der Waals surface area contributed by atoms with Crippen LogP contribution in [0.3, 0.4) is 0 Å². The maximum absolute atomic E-state index is 14.0. The Labute approximate surface area is 211 Å². The predicted molar refractivity (Wildman–Crippen MR) is 141 cm³/mol. The number of amides is 3. The highest BCUT2D eigenvalue weighted by Crippen LogP contribution is 2.28. The minimum Gasteiger partial charge on any atom is -0.444 e. The third-order valence-electron chi connectivity index (χ3n) is 5.88. The van der Waals surface area contributed by atoms with E-state index in [1.54, 1.807) is 26.8 Å². The molecule has 0 saturated heterocycles.